The molecule has 2 aromatic rings. The summed E-state index contributed by atoms with van der Waals surface area (Å²) < 4.78 is 0. The molecule has 3 rings (SSSR count). The lowest BCUT2D eigenvalue weighted by Gasteiger charge is -2.22. The molecule has 0 atom stereocenters. The van der Waals surface area contributed by atoms with E-state index in [1.54, 1.807) is 6.20 Å². The third-order valence-electron chi connectivity index (χ3n) is 4.96. The number of Topliss-reactive ketones (excluding diaryl/α,β-unsaturated/α-hetero) is 1. The minimum Gasteiger partial charge on any atom is -0.341 e. The Balaban J connectivity index is 1.41. The van der Waals surface area contributed by atoms with Crippen LogP contribution in [-0.4, -0.2) is 52.7 Å². The Morgan fingerprint density at radius 3 is 2.56 bits per heavy atom. The van der Waals surface area contributed by atoms with Crippen molar-refractivity contribution in [3.05, 3.63) is 66.0 Å². The summed E-state index contributed by atoms with van der Waals surface area (Å²) >= 11 is 0. The van der Waals surface area contributed by atoms with Gasteiger partial charge < -0.3 is 4.90 Å². The lowest BCUT2D eigenvalue weighted by Crippen LogP contribution is -2.35. The minimum absolute atomic E-state index is 0.113. The van der Waals surface area contributed by atoms with Gasteiger partial charge in [-0.2, -0.15) is 0 Å². The SMILES string of the molecule is O=C(CCCC(=O)N1CCCN(Cc2cccnc2)CC1)c1ccccc1. The molecule has 1 aliphatic heterocycles. The summed E-state index contributed by atoms with van der Waals surface area (Å²) in [6, 6.07) is 13.3. The Morgan fingerprint density at radius 2 is 1.78 bits per heavy atom. The quantitative estimate of drug-likeness (QED) is 0.707. The highest BCUT2D eigenvalue weighted by atomic mass is 16.2. The van der Waals surface area contributed by atoms with Crippen LogP contribution in [0, 0.1) is 0 Å². The van der Waals surface area contributed by atoms with E-state index in [0.29, 0.717) is 19.3 Å². The number of rotatable bonds is 7. The maximum atomic E-state index is 12.5. The highest BCUT2D eigenvalue weighted by Crippen LogP contribution is 2.12. The summed E-state index contributed by atoms with van der Waals surface area (Å²) in [7, 11) is 0. The van der Waals surface area contributed by atoms with E-state index in [1.807, 2.05) is 47.5 Å². The summed E-state index contributed by atoms with van der Waals surface area (Å²) in [5.74, 6) is 0.279. The molecular weight excluding hydrogens is 338 g/mol. The van der Waals surface area contributed by atoms with Gasteiger partial charge in [0.2, 0.25) is 5.91 Å². The molecule has 0 radical (unpaired) electrons. The number of amides is 1. The van der Waals surface area contributed by atoms with E-state index in [0.717, 1.165) is 44.7 Å². The van der Waals surface area contributed by atoms with E-state index in [-0.39, 0.29) is 11.7 Å². The van der Waals surface area contributed by atoms with E-state index in [1.165, 1.54) is 5.56 Å². The highest BCUT2D eigenvalue weighted by molar-refractivity contribution is 5.96. The molecule has 1 aliphatic rings. The van der Waals surface area contributed by atoms with Crippen LogP contribution >= 0.6 is 0 Å². The summed E-state index contributed by atoms with van der Waals surface area (Å²) in [5, 5.41) is 0. The number of hydrogen-bond acceptors (Lipinski definition) is 4. The average Bonchev–Trinajstić information content (AvgIpc) is 2.95. The van der Waals surface area contributed by atoms with E-state index >= 15 is 0 Å². The number of benzene rings is 1. The zero-order chi connectivity index (χ0) is 18.9. The first kappa shape index (κ1) is 19.2. The van der Waals surface area contributed by atoms with Gasteiger partial charge in [0.25, 0.3) is 0 Å². The van der Waals surface area contributed by atoms with Crippen LogP contribution in [0.25, 0.3) is 0 Å². The number of ketones is 1. The van der Waals surface area contributed by atoms with Gasteiger partial charge >= 0.3 is 0 Å². The predicted octanol–water partition coefficient (Wildman–Crippen LogP) is 3.17. The van der Waals surface area contributed by atoms with Gasteiger partial charge in [-0.05, 0) is 24.5 Å². The van der Waals surface area contributed by atoms with Crippen LogP contribution in [0.1, 0.15) is 41.6 Å². The topological polar surface area (TPSA) is 53.5 Å². The van der Waals surface area contributed by atoms with Crippen molar-refractivity contribution in [2.24, 2.45) is 0 Å². The Labute approximate surface area is 161 Å². The fourth-order valence-electron chi connectivity index (χ4n) is 3.45. The van der Waals surface area contributed by atoms with E-state index in [2.05, 4.69) is 16.0 Å². The van der Waals surface area contributed by atoms with Gasteiger partial charge in [0.05, 0.1) is 0 Å². The highest BCUT2D eigenvalue weighted by Gasteiger charge is 2.19. The van der Waals surface area contributed by atoms with Gasteiger partial charge in [0.1, 0.15) is 0 Å². The molecule has 5 heteroatoms. The first-order valence-corrected chi connectivity index (χ1v) is 9.69. The molecule has 0 saturated carbocycles. The number of carbonyl (C=O) groups is 2. The van der Waals surface area contributed by atoms with E-state index in [9.17, 15) is 9.59 Å². The lowest BCUT2D eigenvalue weighted by molar-refractivity contribution is -0.131. The number of pyridine rings is 1. The molecule has 1 aromatic heterocycles. The normalized spacial score (nSPS) is 15.3. The first-order valence-electron chi connectivity index (χ1n) is 9.69. The van der Waals surface area contributed by atoms with Crippen molar-refractivity contribution < 1.29 is 9.59 Å². The standard InChI is InChI=1S/C22H27N3O2/c26-21(20-8-2-1-3-9-20)10-4-11-22(27)25-14-6-13-24(15-16-25)18-19-7-5-12-23-17-19/h1-3,5,7-9,12,17H,4,6,10-11,13-16,18H2. The minimum atomic E-state index is 0.113. The van der Waals surface area contributed by atoms with Gasteiger partial charge in [-0.15, -0.1) is 0 Å². The van der Waals surface area contributed by atoms with Gasteiger partial charge in [0.15, 0.2) is 5.78 Å². The van der Waals surface area contributed by atoms with Crippen LogP contribution in [0.2, 0.25) is 0 Å². The molecule has 0 spiro atoms. The first-order chi connectivity index (χ1) is 13.2. The number of nitrogens with zero attached hydrogens (tertiary/aromatic N) is 3. The second-order valence-corrected chi connectivity index (χ2v) is 7.01. The van der Waals surface area contributed by atoms with Gasteiger partial charge in [-0.25, -0.2) is 0 Å². The molecule has 0 N–H and O–H groups in total. The summed E-state index contributed by atoms with van der Waals surface area (Å²) in [5.41, 5.74) is 1.93. The van der Waals surface area contributed by atoms with Crippen molar-refractivity contribution in [3.8, 4) is 0 Å². The number of hydrogen-bond donors (Lipinski definition) is 0. The third kappa shape index (κ3) is 6.00. The summed E-state index contributed by atoms with van der Waals surface area (Å²) in [6.07, 6.45) is 6.15. The fourth-order valence-corrected chi connectivity index (χ4v) is 3.45. The van der Waals surface area contributed by atoms with Crippen molar-refractivity contribution in [3.63, 3.8) is 0 Å². The van der Waals surface area contributed by atoms with E-state index < -0.39 is 0 Å². The predicted molar refractivity (Wildman–Crippen MR) is 105 cm³/mol. The molecule has 1 fully saturated rings. The van der Waals surface area contributed by atoms with Crippen LogP contribution < -0.4 is 0 Å². The molecule has 0 bridgehead atoms. The third-order valence-corrected chi connectivity index (χ3v) is 4.96. The van der Waals surface area contributed by atoms with Crippen molar-refractivity contribution in [2.75, 3.05) is 26.2 Å². The number of aromatic nitrogens is 1. The van der Waals surface area contributed by atoms with Crippen molar-refractivity contribution >= 4 is 11.7 Å². The second kappa shape index (κ2) is 9.97. The van der Waals surface area contributed by atoms with Gasteiger partial charge in [-0.1, -0.05) is 36.4 Å². The number of carbonyl (C=O) groups excluding carboxylic acids is 2. The largest absolute Gasteiger partial charge is 0.341 e. The van der Waals surface area contributed by atoms with Crippen LogP contribution in [0.4, 0.5) is 0 Å². The maximum Gasteiger partial charge on any atom is 0.222 e. The Kier molecular flexibility index (Phi) is 7.11. The van der Waals surface area contributed by atoms with Crippen LogP contribution in [0.5, 0.6) is 0 Å². The molecule has 5 nitrogen and oxygen atoms in total. The molecule has 1 amide bonds. The van der Waals surface area contributed by atoms with Crippen molar-refractivity contribution in [1.29, 1.82) is 0 Å². The fraction of sp³-hybridized carbons (Fsp3) is 0.409. The molecule has 1 saturated heterocycles. The monoisotopic (exact) mass is 365 g/mol. The van der Waals surface area contributed by atoms with Crippen molar-refractivity contribution in [2.45, 2.75) is 32.2 Å². The molecule has 0 aliphatic carbocycles. The smallest absolute Gasteiger partial charge is 0.222 e. The molecule has 0 unspecified atom stereocenters. The average molecular weight is 365 g/mol. The maximum absolute atomic E-state index is 12.5. The van der Waals surface area contributed by atoms with Crippen molar-refractivity contribution in [1.82, 2.24) is 14.8 Å². The molecule has 1 aromatic carbocycles. The van der Waals surface area contributed by atoms with Gasteiger partial charge in [-0.3, -0.25) is 19.5 Å². The molecular formula is C22H27N3O2. The Morgan fingerprint density at radius 1 is 0.926 bits per heavy atom. The van der Waals surface area contributed by atoms with Crippen LogP contribution in [0.3, 0.4) is 0 Å². The summed E-state index contributed by atoms with van der Waals surface area (Å²) in [4.78, 5) is 33.2. The Hall–Kier alpha value is -2.53. The molecule has 2 heterocycles. The second-order valence-electron chi connectivity index (χ2n) is 7.01. The van der Waals surface area contributed by atoms with Crippen LogP contribution in [0.15, 0.2) is 54.9 Å². The zero-order valence-electron chi connectivity index (χ0n) is 15.7. The lowest BCUT2D eigenvalue weighted by atomic mass is 10.1. The molecule has 27 heavy (non-hydrogen) atoms. The Bertz CT molecular complexity index is 734. The van der Waals surface area contributed by atoms with Gasteiger partial charge in [0, 0.05) is 63.5 Å². The van der Waals surface area contributed by atoms with Crippen LogP contribution in [-0.2, 0) is 11.3 Å². The zero-order valence-corrected chi connectivity index (χ0v) is 15.7. The summed E-state index contributed by atoms with van der Waals surface area (Å²) in [6.45, 7) is 4.30. The van der Waals surface area contributed by atoms with E-state index in [4.69, 9.17) is 0 Å². The molecule has 142 valence electrons.